The molecule has 1 N–H and O–H groups in total. The molecule has 6 heteroatoms. The molecular formula is C14H20BrNO3S. The van der Waals surface area contributed by atoms with Crippen molar-refractivity contribution in [2.75, 3.05) is 26.0 Å². The van der Waals surface area contributed by atoms with E-state index in [4.69, 9.17) is 9.47 Å². The molecule has 2 rings (SSSR count). The first-order valence-corrected chi connectivity index (χ1v) is 9.10. The standard InChI is InChI=1S/C14H20BrNO3S/c1-10(20(2)17)3-4-16-9-11-7-12(15)14-13(8-11)18-5-6-19-14/h7-8,10,16H,3-6,9H2,1-2H3. The van der Waals surface area contributed by atoms with Gasteiger partial charge < -0.3 is 14.8 Å². The van der Waals surface area contributed by atoms with Gasteiger partial charge in [-0.3, -0.25) is 4.21 Å². The maximum absolute atomic E-state index is 11.3. The molecule has 0 amide bonds. The summed E-state index contributed by atoms with van der Waals surface area (Å²) < 4.78 is 23.3. The van der Waals surface area contributed by atoms with Crippen LogP contribution in [-0.2, 0) is 17.3 Å². The van der Waals surface area contributed by atoms with Crippen LogP contribution in [0.2, 0.25) is 0 Å². The minimum absolute atomic E-state index is 0.231. The molecule has 2 atom stereocenters. The fourth-order valence-electron chi connectivity index (χ4n) is 1.97. The Balaban J connectivity index is 1.87. The lowest BCUT2D eigenvalue weighted by molar-refractivity contribution is 0.170. The maximum atomic E-state index is 11.3. The molecule has 112 valence electrons. The van der Waals surface area contributed by atoms with Crippen molar-refractivity contribution < 1.29 is 13.7 Å². The summed E-state index contributed by atoms with van der Waals surface area (Å²) in [5.41, 5.74) is 1.14. The van der Waals surface area contributed by atoms with Gasteiger partial charge in [-0.1, -0.05) is 6.92 Å². The van der Waals surface area contributed by atoms with Crippen LogP contribution in [0.1, 0.15) is 18.9 Å². The fraction of sp³-hybridized carbons (Fsp3) is 0.571. The zero-order chi connectivity index (χ0) is 14.5. The van der Waals surface area contributed by atoms with Crippen molar-refractivity contribution in [1.82, 2.24) is 5.32 Å². The second kappa shape index (κ2) is 7.43. The van der Waals surface area contributed by atoms with Crippen LogP contribution in [-0.4, -0.2) is 35.5 Å². The number of nitrogens with one attached hydrogen (secondary N) is 1. The van der Waals surface area contributed by atoms with Gasteiger partial charge in [0.1, 0.15) is 13.2 Å². The third-order valence-corrected chi connectivity index (χ3v) is 5.24. The predicted molar refractivity (Wildman–Crippen MR) is 85.0 cm³/mol. The number of halogens is 1. The van der Waals surface area contributed by atoms with Crippen LogP contribution in [0.3, 0.4) is 0 Å². The van der Waals surface area contributed by atoms with Gasteiger partial charge in [0.05, 0.1) is 4.47 Å². The molecule has 1 aromatic rings. The molecule has 0 saturated heterocycles. The maximum Gasteiger partial charge on any atom is 0.175 e. The Labute approximate surface area is 130 Å². The van der Waals surface area contributed by atoms with E-state index in [1.807, 2.05) is 19.1 Å². The van der Waals surface area contributed by atoms with Crippen molar-refractivity contribution in [2.45, 2.75) is 25.1 Å². The second-order valence-electron chi connectivity index (χ2n) is 4.88. The van der Waals surface area contributed by atoms with Crippen LogP contribution < -0.4 is 14.8 Å². The lowest BCUT2D eigenvalue weighted by Gasteiger charge is -2.20. The van der Waals surface area contributed by atoms with E-state index in [0.29, 0.717) is 13.2 Å². The molecule has 0 spiro atoms. The minimum atomic E-state index is -0.748. The quantitative estimate of drug-likeness (QED) is 0.790. The average molecular weight is 362 g/mol. The number of hydrogen-bond donors (Lipinski definition) is 1. The average Bonchev–Trinajstić information content (AvgIpc) is 2.43. The molecule has 0 aliphatic carbocycles. The smallest absolute Gasteiger partial charge is 0.175 e. The second-order valence-corrected chi connectivity index (χ2v) is 7.53. The molecule has 2 unspecified atom stereocenters. The monoisotopic (exact) mass is 361 g/mol. The number of rotatable bonds is 6. The van der Waals surface area contributed by atoms with Crippen LogP contribution in [0.15, 0.2) is 16.6 Å². The van der Waals surface area contributed by atoms with E-state index in [0.717, 1.165) is 41.0 Å². The number of ether oxygens (including phenoxy) is 2. The van der Waals surface area contributed by atoms with Crippen LogP contribution in [0.4, 0.5) is 0 Å². The summed E-state index contributed by atoms with van der Waals surface area (Å²) in [5.74, 6) is 1.58. The summed E-state index contributed by atoms with van der Waals surface area (Å²) >= 11 is 3.51. The van der Waals surface area contributed by atoms with Crippen molar-refractivity contribution in [3.05, 3.63) is 22.2 Å². The van der Waals surface area contributed by atoms with Gasteiger partial charge in [-0.15, -0.1) is 0 Å². The molecule has 1 aliphatic rings. The third-order valence-electron chi connectivity index (χ3n) is 3.28. The highest BCUT2D eigenvalue weighted by molar-refractivity contribution is 9.10. The summed E-state index contributed by atoms with van der Waals surface area (Å²) in [6.45, 7) is 4.81. The Hall–Kier alpha value is -0.590. The fourth-order valence-corrected chi connectivity index (χ4v) is 3.02. The van der Waals surface area contributed by atoms with E-state index in [-0.39, 0.29) is 5.25 Å². The van der Waals surface area contributed by atoms with Crippen molar-refractivity contribution in [1.29, 1.82) is 0 Å². The topological polar surface area (TPSA) is 47.6 Å². The Morgan fingerprint density at radius 3 is 2.90 bits per heavy atom. The van der Waals surface area contributed by atoms with Gasteiger partial charge in [0.2, 0.25) is 0 Å². The van der Waals surface area contributed by atoms with Gasteiger partial charge in [-0.2, -0.15) is 0 Å². The summed E-state index contributed by atoms with van der Waals surface area (Å²) in [4.78, 5) is 0. The van der Waals surface area contributed by atoms with Gasteiger partial charge in [-0.05, 0) is 46.6 Å². The van der Waals surface area contributed by atoms with E-state index >= 15 is 0 Å². The first-order valence-electron chi connectivity index (χ1n) is 6.69. The van der Waals surface area contributed by atoms with E-state index < -0.39 is 10.8 Å². The molecule has 1 aliphatic heterocycles. The third kappa shape index (κ3) is 4.20. The molecule has 0 saturated carbocycles. The molecule has 0 bridgehead atoms. The highest BCUT2D eigenvalue weighted by Crippen LogP contribution is 2.38. The summed E-state index contributed by atoms with van der Waals surface area (Å²) in [6, 6.07) is 4.05. The Morgan fingerprint density at radius 2 is 2.15 bits per heavy atom. The van der Waals surface area contributed by atoms with Crippen LogP contribution in [0, 0.1) is 0 Å². The molecule has 4 nitrogen and oxygen atoms in total. The van der Waals surface area contributed by atoms with E-state index in [1.165, 1.54) is 0 Å². The molecule has 20 heavy (non-hydrogen) atoms. The zero-order valence-electron chi connectivity index (χ0n) is 11.8. The first kappa shape index (κ1) is 15.8. The molecule has 0 fully saturated rings. The highest BCUT2D eigenvalue weighted by Gasteiger charge is 2.16. The molecule has 1 heterocycles. The highest BCUT2D eigenvalue weighted by atomic mass is 79.9. The zero-order valence-corrected chi connectivity index (χ0v) is 14.2. The van der Waals surface area contributed by atoms with Gasteiger partial charge in [0, 0.05) is 28.9 Å². The van der Waals surface area contributed by atoms with Gasteiger partial charge >= 0.3 is 0 Å². The van der Waals surface area contributed by atoms with E-state index in [9.17, 15) is 4.21 Å². The largest absolute Gasteiger partial charge is 0.486 e. The van der Waals surface area contributed by atoms with E-state index in [1.54, 1.807) is 6.26 Å². The Bertz CT molecular complexity index is 496. The van der Waals surface area contributed by atoms with Crippen molar-refractivity contribution in [3.63, 3.8) is 0 Å². The lowest BCUT2D eigenvalue weighted by Crippen LogP contribution is -2.21. The van der Waals surface area contributed by atoms with Gasteiger partial charge in [-0.25, -0.2) is 0 Å². The molecule has 0 aromatic heterocycles. The predicted octanol–water partition coefficient (Wildman–Crippen LogP) is 2.47. The number of hydrogen-bond acceptors (Lipinski definition) is 4. The summed E-state index contributed by atoms with van der Waals surface area (Å²) in [5, 5.41) is 3.60. The molecule has 0 radical (unpaired) electrons. The van der Waals surface area contributed by atoms with Crippen molar-refractivity contribution in [3.8, 4) is 11.5 Å². The number of benzene rings is 1. The summed E-state index contributed by atoms with van der Waals surface area (Å²) in [6.07, 6.45) is 2.66. The molecule has 1 aromatic carbocycles. The first-order chi connectivity index (χ1) is 9.58. The van der Waals surface area contributed by atoms with E-state index in [2.05, 4.69) is 21.2 Å². The Morgan fingerprint density at radius 1 is 1.40 bits per heavy atom. The number of fused-ring (bicyclic) bond motifs is 1. The SMILES string of the molecule is CC(CCNCc1cc(Br)c2c(c1)OCCO2)S(C)=O. The normalized spacial score (nSPS) is 16.8. The van der Waals surface area contributed by atoms with Crippen LogP contribution in [0.25, 0.3) is 0 Å². The molecular weight excluding hydrogens is 342 g/mol. The Kier molecular flexibility index (Phi) is 5.86. The van der Waals surface area contributed by atoms with Crippen LogP contribution in [0.5, 0.6) is 11.5 Å². The minimum Gasteiger partial charge on any atom is -0.486 e. The van der Waals surface area contributed by atoms with Gasteiger partial charge in [0.15, 0.2) is 11.5 Å². The van der Waals surface area contributed by atoms with Crippen molar-refractivity contribution in [2.24, 2.45) is 0 Å². The summed E-state index contributed by atoms with van der Waals surface area (Å²) in [7, 11) is -0.748. The van der Waals surface area contributed by atoms with Crippen LogP contribution >= 0.6 is 15.9 Å². The lowest BCUT2D eigenvalue weighted by atomic mass is 10.2. The van der Waals surface area contributed by atoms with Gasteiger partial charge in [0.25, 0.3) is 0 Å². The van der Waals surface area contributed by atoms with Crippen molar-refractivity contribution >= 4 is 26.7 Å².